The molecule has 0 radical (unpaired) electrons. The third kappa shape index (κ3) is 5.01. The summed E-state index contributed by atoms with van der Waals surface area (Å²) in [4.78, 5) is 14.0. The first-order valence-corrected chi connectivity index (χ1v) is 18.9. The van der Waals surface area contributed by atoms with Gasteiger partial charge in [-0.1, -0.05) is 137 Å². The third-order valence-electron chi connectivity index (χ3n) is 10.4. The molecule has 0 bridgehead atoms. The summed E-state index contributed by atoms with van der Waals surface area (Å²) in [6.07, 6.45) is 0. The highest BCUT2D eigenvalue weighted by Crippen LogP contribution is 2.42. The maximum atomic E-state index is 6.46. The summed E-state index contributed by atoms with van der Waals surface area (Å²) in [5.41, 5.74) is 9.31. The first-order valence-electron chi connectivity index (χ1n) is 18.1. The number of thiophene rings is 1. The summed E-state index contributed by atoms with van der Waals surface area (Å²) in [5, 5.41) is 7.02. The highest BCUT2D eigenvalue weighted by molar-refractivity contribution is 7.26. The Hall–Kier alpha value is -6.95. The van der Waals surface area contributed by atoms with Gasteiger partial charge in [-0.15, -0.1) is 11.3 Å². The van der Waals surface area contributed by atoms with E-state index in [4.69, 9.17) is 14.4 Å². The average molecular weight is 709 g/mol. The smallest absolute Gasteiger partial charge is 0.312 e. The lowest BCUT2D eigenvalue weighted by Crippen LogP contribution is -2.17. The molecule has 3 aromatic heterocycles. The fourth-order valence-electron chi connectivity index (χ4n) is 7.83. The van der Waals surface area contributed by atoms with Gasteiger partial charge in [0.05, 0.1) is 16.7 Å². The zero-order valence-corrected chi connectivity index (χ0v) is 29.8. The molecule has 1 N–H and O–H groups in total. The van der Waals surface area contributed by atoms with Gasteiger partial charge >= 0.3 is 5.82 Å². The molecule has 0 amide bonds. The van der Waals surface area contributed by atoms with Crippen LogP contribution < -0.4 is 4.98 Å². The molecule has 5 heteroatoms. The van der Waals surface area contributed by atoms with Crippen molar-refractivity contribution in [1.29, 1.82) is 0 Å². The molecule has 0 saturated carbocycles. The van der Waals surface area contributed by atoms with Gasteiger partial charge in [0.2, 0.25) is 0 Å². The minimum atomic E-state index is 0.607. The average Bonchev–Trinajstić information content (AvgIpc) is 3.82. The van der Waals surface area contributed by atoms with Gasteiger partial charge in [0.1, 0.15) is 11.2 Å². The molecule has 11 rings (SSSR count). The van der Waals surface area contributed by atoms with E-state index in [2.05, 4.69) is 145 Å². The van der Waals surface area contributed by atoms with Gasteiger partial charge in [0.15, 0.2) is 0 Å². The molecule has 0 aliphatic carbocycles. The Labute approximate surface area is 314 Å². The van der Waals surface area contributed by atoms with Crippen LogP contribution >= 0.6 is 11.3 Å². The van der Waals surface area contributed by atoms with Crippen LogP contribution in [0.5, 0.6) is 0 Å². The number of H-pyrrole nitrogens is 1. The van der Waals surface area contributed by atoms with Crippen LogP contribution in [0.4, 0.5) is 0 Å². The van der Waals surface area contributed by atoms with Crippen LogP contribution in [0.25, 0.3) is 109 Å². The van der Waals surface area contributed by atoms with Crippen LogP contribution in [-0.4, -0.2) is 9.97 Å². The molecule has 0 unspecified atom stereocenters. The molecule has 3 heterocycles. The van der Waals surface area contributed by atoms with Crippen LogP contribution in [0.15, 0.2) is 180 Å². The first kappa shape index (κ1) is 30.7. The van der Waals surface area contributed by atoms with Crippen LogP contribution in [0.2, 0.25) is 0 Å². The second kappa shape index (κ2) is 12.3. The number of aromatic nitrogens is 3. The van der Waals surface area contributed by atoms with Crippen molar-refractivity contribution < 1.29 is 9.40 Å². The number of benzene rings is 8. The number of nitrogens with zero attached hydrogens (tertiary/aromatic N) is 2. The van der Waals surface area contributed by atoms with Crippen molar-refractivity contribution >= 4 is 64.2 Å². The lowest BCUT2D eigenvalue weighted by atomic mass is 9.95. The Bertz CT molecular complexity index is 3210. The summed E-state index contributed by atoms with van der Waals surface area (Å²) < 4.78 is 8.91. The SMILES string of the molecule is c1ccc(-c2nc(-c3cccc4c3oc3ccccc34)nc(-c3cccc4sc5ccc(-c6ccc(-c7cccc8ccccc78)cc6)cc5c34)[nH+]2)cc1. The second-order valence-corrected chi connectivity index (χ2v) is 14.7. The second-order valence-electron chi connectivity index (χ2n) is 13.6. The minimum absolute atomic E-state index is 0.607. The molecule has 0 fully saturated rings. The molecule has 0 saturated heterocycles. The Morgan fingerprint density at radius 1 is 0.426 bits per heavy atom. The van der Waals surface area contributed by atoms with E-state index in [0.717, 1.165) is 50.3 Å². The number of rotatable bonds is 5. The fourth-order valence-corrected chi connectivity index (χ4v) is 8.94. The van der Waals surface area contributed by atoms with E-state index < -0.39 is 0 Å². The quantitative estimate of drug-likeness (QED) is 0.179. The molecular formula is C49H30N3OS+. The van der Waals surface area contributed by atoms with Crippen LogP contribution in [-0.2, 0) is 0 Å². The predicted molar refractivity (Wildman–Crippen MR) is 223 cm³/mol. The molecule has 0 spiro atoms. The van der Waals surface area contributed by atoms with E-state index >= 15 is 0 Å². The molecule has 0 aliphatic rings. The summed E-state index contributed by atoms with van der Waals surface area (Å²) in [5.74, 6) is 2.10. The van der Waals surface area contributed by atoms with Crippen molar-refractivity contribution in [3.63, 3.8) is 0 Å². The zero-order valence-electron chi connectivity index (χ0n) is 29.0. The van der Waals surface area contributed by atoms with Crippen molar-refractivity contribution in [2.24, 2.45) is 0 Å². The topological polar surface area (TPSA) is 53.1 Å². The van der Waals surface area contributed by atoms with E-state index in [1.165, 1.54) is 53.2 Å². The number of furan rings is 1. The van der Waals surface area contributed by atoms with Crippen molar-refractivity contribution in [3.05, 3.63) is 176 Å². The van der Waals surface area contributed by atoms with Gasteiger partial charge < -0.3 is 4.42 Å². The fraction of sp³-hybridized carbons (Fsp3) is 0. The summed E-state index contributed by atoms with van der Waals surface area (Å²) in [6, 6.07) is 62.0. The number of aromatic amines is 1. The van der Waals surface area contributed by atoms with Crippen molar-refractivity contribution in [2.75, 3.05) is 0 Å². The van der Waals surface area contributed by atoms with E-state index in [0.29, 0.717) is 5.82 Å². The van der Waals surface area contributed by atoms with Gasteiger partial charge in [-0.25, -0.2) is 4.98 Å². The summed E-state index contributed by atoms with van der Waals surface area (Å²) >= 11 is 1.81. The number of hydrogen-bond donors (Lipinski definition) is 0. The molecule has 4 nitrogen and oxygen atoms in total. The molecule has 11 aromatic rings. The van der Waals surface area contributed by atoms with E-state index in [-0.39, 0.29) is 0 Å². The van der Waals surface area contributed by atoms with Gasteiger partial charge in [-0.3, -0.25) is 0 Å². The number of nitrogens with one attached hydrogen (secondary N) is 1. The minimum Gasteiger partial charge on any atom is -0.455 e. The summed E-state index contributed by atoms with van der Waals surface area (Å²) in [6.45, 7) is 0. The third-order valence-corrected chi connectivity index (χ3v) is 11.6. The molecular weight excluding hydrogens is 679 g/mol. The number of fused-ring (bicyclic) bond motifs is 7. The zero-order chi connectivity index (χ0) is 35.6. The monoisotopic (exact) mass is 708 g/mol. The van der Waals surface area contributed by atoms with E-state index in [9.17, 15) is 0 Å². The number of hydrogen-bond acceptors (Lipinski definition) is 4. The molecule has 0 atom stereocenters. The Morgan fingerprint density at radius 3 is 2.00 bits per heavy atom. The largest absolute Gasteiger partial charge is 0.455 e. The Balaban J connectivity index is 1.07. The van der Waals surface area contributed by atoms with Crippen LogP contribution in [0.1, 0.15) is 0 Å². The highest BCUT2D eigenvalue weighted by Gasteiger charge is 2.25. The highest BCUT2D eigenvalue weighted by atomic mass is 32.1. The normalized spacial score (nSPS) is 11.7. The van der Waals surface area contributed by atoms with Crippen molar-refractivity contribution in [3.8, 4) is 56.4 Å². The Morgan fingerprint density at radius 2 is 1.09 bits per heavy atom. The first-order chi connectivity index (χ1) is 26.7. The van der Waals surface area contributed by atoms with Crippen LogP contribution in [0, 0.1) is 0 Å². The van der Waals surface area contributed by atoms with Crippen molar-refractivity contribution in [1.82, 2.24) is 9.97 Å². The van der Waals surface area contributed by atoms with Gasteiger partial charge in [-0.05, 0) is 81.6 Å². The number of para-hydroxylation sites is 2. The molecule has 8 aromatic carbocycles. The van der Waals surface area contributed by atoms with Gasteiger partial charge in [0, 0.05) is 30.9 Å². The molecule has 252 valence electrons. The summed E-state index contributed by atoms with van der Waals surface area (Å²) in [7, 11) is 0. The Kier molecular flexibility index (Phi) is 7.00. The van der Waals surface area contributed by atoms with E-state index in [1.54, 1.807) is 0 Å². The van der Waals surface area contributed by atoms with Crippen molar-refractivity contribution in [2.45, 2.75) is 0 Å². The molecule has 0 aliphatic heterocycles. The maximum absolute atomic E-state index is 6.46. The molecule has 54 heavy (non-hydrogen) atoms. The predicted octanol–water partition coefficient (Wildman–Crippen LogP) is 13.0. The van der Waals surface area contributed by atoms with Crippen LogP contribution in [0.3, 0.4) is 0 Å². The maximum Gasteiger partial charge on any atom is 0.312 e. The lowest BCUT2D eigenvalue weighted by molar-refractivity contribution is -0.359. The van der Waals surface area contributed by atoms with E-state index in [1.807, 2.05) is 47.7 Å². The van der Waals surface area contributed by atoms with Gasteiger partial charge in [0.25, 0.3) is 11.6 Å². The lowest BCUT2D eigenvalue weighted by Gasteiger charge is -2.09. The standard InChI is InChI=1S/C49H29N3OS/c1-2-12-33(13-3-1)47-50-48(52-49(51-47)40-20-9-18-38-37-16-6-7-21-42(37)53-46(38)40)39-19-10-22-44-45(39)41-29-34(27-28-43(41)54-44)30-23-25-32(26-24-30)36-17-8-14-31-11-4-5-15-35(31)36/h1-29H/p+1. The van der Waals surface area contributed by atoms with Gasteiger partial charge in [-0.2, -0.15) is 0 Å².